The third-order valence-electron chi connectivity index (χ3n) is 2.02. The molecular weight excluding hydrogens is 192 g/mol. The SMILES string of the molecule is CCOC(=O)CCCCCC/C=C\C=O. The summed E-state index contributed by atoms with van der Waals surface area (Å²) in [6.07, 6.45) is 9.79. The topological polar surface area (TPSA) is 43.4 Å². The molecule has 3 nitrogen and oxygen atoms in total. The molecule has 0 bridgehead atoms. The summed E-state index contributed by atoms with van der Waals surface area (Å²) in [5, 5.41) is 0. The molecule has 0 heterocycles. The molecule has 0 unspecified atom stereocenters. The number of aldehydes is 1. The fraction of sp³-hybridized carbons (Fsp3) is 0.667. The van der Waals surface area contributed by atoms with E-state index >= 15 is 0 Å². The molecule has 0 amide bonds. The van der Waals surface area contributed by atoms with Crippen LogP contribution in [0, 0.1) is 0 Å². The van der Waals surface area contributed by atoms with Crippen LogP contribution in [0.3, 0.4) is 0 Å². The molecular formula is C12H20O3. The van der Waals surface area contributed by atoms with Crippen LogP contribution in [-0.2, 0) is 14.3 Å². The molecule has 0 aromatic carbocycles. The molecule has 0 saturated carbocycles. The van der Waals surface area contributed by atoms with E-state index in [1.807, 2.05) is 13.0 Å². The van der Waals surface area contributed by atoms with Gasteiger partial charge in [0.05, 0.1) is 6.61 Å². The maximum Gasteiger partial charge on any atom is 0.305 e. The van der Waals surface area contributed by atoms with E-state index in [0.717, 1.165) is 38.4 Å². The van der Waals surface area contributed by atoms with Gasteiger partial charge in [0.1, 0.15) is 6.29 Å². The number of hydrogen-bond acceptors (Lipinski definition) is 3. The van der Waals surface area contributed by atoms with E-state index < -0.39 is 0 Å². The quantitative estimate of drug-likeness (QED) is 0.255. The zero-order chi connectivity index (χ0) is 11.4. The van der Waals surface area contributed by atoms with E-state index in [2.05, 4.69) is 0 Å². The third-order valence-corrected chi connectivity index (χ3v) is 2.02. The summed E-state index contributed by atoms with van der Waals surface area (Å²) < 4.78 is 4.81. The lowest BCUT2D eigenvalue weighted by atomic mass is 10.1. The van der Waals surface area contributed by atoms with Crippen LogP contribution < -0.4 is 0 Å². The van der Waals surface area contributed by atoms with Crippen LogP contribution in [0.5, 0.6) is 0 Å². The first kappa shape index (κ1) is 13.9. The zero-order valence-corrected chi connectivity index (χ0v) is 9.41. The predicted molar refractivity (Wildman–Crippen MR) is 59.5 cm³/mol. The molecule has 0 aliphatic carbocycles. The number of unbranched alkanes of at least 4 members (excludes halogenated alkanes) is 4. The van der Waals surface area contributed by atoms with E-state index in [0.29, 0.717) is 13.0 Å². The highest BCUT2D eigenvalue weighted by Crippen LogP contribution is 2.06. The summed E-state index contributed by atoms with van der Waals surface area (Å²) in [7, 11) is 0. The second-order valence-corrected chi connectivity index (χ2v) is 3.32. The Kier molecular flexibility index (Phi) is 10.1. The smallest absolute Gasteiger partial charge is 0.305 e. The largest absolute Gasteiger partial charge is 0.466 e. The summed E-state index contributed by atoms with van der Waals surface area (Å²) in [5.74, 6) is -0.0987. The number of allylic oxidation sites excluding steroid dienone is 2. The summed E-state index contributed by atoms with van der Waals surface area (Å²) in [4.78, 5) is 20.9. The summed E-state index contributed by atoms with van der Waals surface area (Å²) in [6, 6.07) is 0. The maximum atomic E-state index is 10.9. The standard InChI is InChI=1S/C12H20O3/c1-2-15-12(14)10-8-6-4-3-5-7-9-11-13/h7,9,11H,2-6,8,10H2,1H3/b9-7-. The predicted octanol–water partition coefficient (Wildman–Crippen LogP) is 2.65. The molecule has 0 aromatic rings. The van der Waals surface area contributed by atoms with Gasteiger partial charge >= 0.3 is 5.97 Å². The van der Waals surface area contributed by atoms with Gasteiger partial charge in [-0.05, 0) is 32.3 Å². The second kappa shape index (κ2) is 11.0. The van der Waals surface area contributed by atoms with Crippen LogP contribution in [0.1, 0.15) is 45.4 Å². The van der Waals surface area contributed by atoms with Crippen molar-refractivity contribution < 1.29 is 14.3 Å². The molecule has 0 aromatic heterocycles. The lowest BCUT2D eigenvalue weighted by Crippen LogP contribution is -2.02. The molecule has 0 N–H and O–H groups in total. The highest BCUT2D eigenvalue weighted by Gasteiger charge is 1.99. The molecule has 15 heavy (non-hydrogen) atoms. The first-order valence-electron chi connectivity index (χ1n) is 5.57. The van der Waals surface area contributed by atoms with Crippen LogP contribution in [0.25, 0.3) is 0 Å². The van der Waals surface area contributed by atoms with Crippen molar-refractivity contribution in [2.75, 3.05) is 6.61 Å². The molecule has 0 radical (unpaired) electrons. The van der Waals surface area contributed by atoms with E-state index in [9.17, 15) is 9.59 Å². The van der Waals surface area contributed by atoms with Gasteiger partial charge in [-0.15, -0.1) is 0 Å². The molecule has 0 rings (SSSR count). The number of hydrogen-bond donors (Lipinski definition) is 0. The Morgan fingerprint density at radius 3 is 2.60 bits per heavy atom. The van der Waals surface area contributed by atoms with Gasteiger partial charge in [-0.2, -0.15) is 0 Å². The summed E-state index contributed by atoms with van der Waals surface area (Å²) in [6.45, 7) is 2.28. The first-order valence-corrected chi connectivity index (χ1v) is 5.57. The minimum Gasteiger partial charge on any atom is -0.466 e. The fourth-order valence-electron chi connectivity index (χ4n) is 1.27. The van der Waals surface area contributed by atoms with Gasteiger partial charge in [0.15, 0.2) is 0 Å². The fourth-order valence-corrected chi connectivity index (χ4v) is 1.27. The number of carbonyl (C=O) groups is 2. The Bertz CT molecular complexity index is 197. The lowest BCUT2D eigenvalue weighted by Gasteiger charge is -2.01. The van der Waals surface area contributed by atoms with Crippen molar-refractivity contribution in [2.24, 2.45) is 0 Å². The monoisotopic (exact) mass is 212 g/mol. The third kappa shape index (κ3) is 10.8. The van der Waals surface area contributed by atoms with Crippen LogP contribution >= 0.6 is 0 Å². The molecule has 86 valence electrons. The molecule has 0 spiro atoms. The molecule has 0 atom stereocenters. The summed E-state index contributed by atoms with van der Waals surface area (Å²) >= 11 is 0. The summed E-state index contributed by atoms with van der Waals surface area (Å²) in [5.41, 5.74) is 0. The second-order valence-electron chi connectivity index (χ2n) is 3.32. The van der Waals surface area contributed by atoms with Crippen molar-refractivity contribution in [3.8, 4) is 0 Å². The van der Waals surface area contributed by atoms with Crippen molar-refractivity contribution in [3.05, 3.63) is 12.2 Å². The number of esters is 1. The Morgan fingerprint density at radius 1 is 1.20 bits per heavy atom. The van der Waals surface area contributed by atoms with E-state index in [4.69, 9.17) is 4.74 Å². The molecule has 0 aliphatic heterocycles. The Morgan fingerprint density at radius 2 is 1.93 bits per heavy atom. The van der Waals surface area contributed by atoms with Gasteiger partial charge < -0.3 is 4.74 Å². The van der Waals surface area contributed by atoms with Gasteiger partial charge in [0, 0.05) is 6.42 Å². The molecule has 0 fully saturated rings. The van der Waals surface area contributed by atoms with E-state index in [1.165, 1.54) is 6.08 Å². The number of rotatable bonds is 9. The van der Waals surface area contributed by atoms with Crippen molar-refractivity contribution in [1.29, 1.82) is 0 Å². The maximum absolute atomic E-state index is 10.9. The average molecular weight is 212 g/mol. The lowest BCUT2D eigenvalue weighted by molar-refractivity contribution is -0.143. The average Bonchev–Trinajstić information content (AvgIpc) is 2.22. The molecule has 3 heteroatoms. The van der Waals surface area contributed by atoms with Crippen molar-refractivity contribution in [1.82, 2.24) is 0 Å². The zero-order valence-electron chi connectivity index (χ0n) is 9.41. The van der Waals surface area contributed by atoms with Gasteiger partial charge in [0.2, 0.25) is 0 Å². The van der Waals surface area contributed by atoms with Crippen LogP contribution in [0.4, 0.5) is 0 Å². The Balaban J connectivity index is 3.14. The number of ether oxygens (including phenoxy) is 1. The van der Waals surface area contributed by atoms with Crippen LogP contribution in [-0.4, -0.2) is 18.9 Å². The van der Waals surface area contributed by atoms with Crippen molar-refractivity contribution in [2.45, 2.75) is 45.4 Å². The van der Waals surface area contributed by atoms with E-state index in [1.54, 1.807) is 0 Å². The van der Waals surface area contributed by atoms with E-state index in [-0.39, 0.29) is 5.97 Å². The van der Waals surface area contributed by atoms with Gasteiger partial charge in [-0.1, -0.05) is 18.9 Å². The highest BCUT2D eigenvalue weighted by atomic mass is 16.5. The van der Waals surface area contributed by atoms with Gasteiger partial charge in [0.25, 0.3) is 0 Å². The normalized spacial score (nSPS) is 10.5. The molecule has 0 saturated heterocycles. The first-order chi connectivity index (χ1) is 7.31. The minimum atomic E-state index is -0.0987. The van der Waals surface area contributed by atoms with Crippen molar-refractivity contribution >= 4 is 12.3 Å². The van der Waals surface area contributed by atoms with Crippen molar-refractivity contribution in [3.63, 3.8) is 0 Å². The Labute approximate surface area is 91.5 Å². The van der Waals surface area contributed by atoms with Crippen LogP contribution in [0.15, 0.2) is 12.2 Å². The minimum absolute atomic E-state index is 0.0987. The van der Waals surface area contributed by atoms with Gasteiger partial charge in [-0.25, -0.2) is 0 Å². The highest BCUT2D eigenvalue weighted by molar-refractivity contribution is 5.69. The Hall–Kier alpha value is -1.12. The van der Waals surface area contributed by atoms with Gasteiger partial charge in [-0.3, -0.25) is 9.59 Å². The van der Waals surface area contributed by atoms with Crippen LogP contribution in [0.2, 0.25) is 0 Å². The number of carbonyl (C=O) groups excluding carboxylic acids is 2. The molecule has 0 aliphatic rings.